The minimum Gasteiger partial charge on any atom is -0.497 e. The van der Waals surface area contributed by atoms with Crippen LogP contribution >= 0.6 is 0 Å². The highest BCUT2D eigenvalue weighted by atomic mass is 16.5. The molecule has 0 aliphatic heterocycles. The normalized spacial score (nSPS) is 21.5. The highest BCUT2D eigenvalue weighted by Crippen LogP contribution is 2.31. The van der Waals surface area contributed by atoms with Gasteiger partial charge in [-0.1, -0.05) is 6.42 Å². The molecule has 2 unspecified atom stereocenters. The number of anilines is 1. The number of nitrogens with two attached hydrogens (primary N) is 1. The number of rotatable bonds is 5. The van der Waals surface area contributed by atoms with Gasteiger partial charge in [0, 0.05) is 5.69 Å². The molecule has 20 heavy (non-hydrogen) atoms. The summed E-state index contributed by atoms with van der Waals surface area (Å²) in [4.78, 5) is 11.7. The molecule has 5 heteroatoms. The van der Waals surface area contributed by atoms with E-state index < -0.39 is 6.09 Å². The van der Waals surface area contributed by atoms with Crippen molar-refractivity contribution in [3.63, 3.8) is 0 Å². The number of ether oxygens (including phenoxy) is 2. The van der Waals surface area contributed by atoms with E-state index in [9.17, 15) is 4.79 Å². The Morgan fingerprint density at radius 2 is 2.00 bits per heavy atom. The minimum atomic E-state index is -0.419. The summed E-state index contributed by atoms with van der Waals surface area (Å²) in [5.74, 6) is 1.64. The van der Waals surface area contributed by atoms with E-state index >= 15 is 0 Å². The first-order valence-electron chi connectivity index (χ1n) is 7.01. The third-order valence-electron chi connectivity index (χ3n) is 3.88. The van der Waals surface area contributed by atoms with Crippen molar-refractivity contribution >= 4 is 11.8 Å². The minimum absolute atomic E-state index is 0.404. The lowest BCUT2D eigenvalue weighted by molar-refractivity contribution is 0.130. The fraction of sp³-hybridized carbons (Fsp3) is 0.533. The Morgan fingerprint density at radius 3 is 2.65 bits per heavy atom. The molecule has 0 radical (unpaired) electrons. The zero-order valence-corrected chi connectivity index (χ0v) is 11.8. The Bertz CT molecular complexity index is 433. The maximum atomic E-state index is 11.7. The van der Waals surface area contributed by atoms with Gasteiger partial charge in [0.1, 0.15) is 5.75 Å². The second-order valence-corrected chi connectivity index (χ2v) is 5.14. The van der Waals surface area contributed by atoms with E-state index in [1.807, 2.05) is 0 Å². The molecule has 0 bridgehead atoms. The van der Waals surface area contributed by atoms with Crippen LogP contribution in [0.1, 0.15) is 19.3 Å². The number of nitrogens with one attached hydrogen (secondary N) is 1. The Balaban J connectivity index is 1.77. The molecule has 1 aliphatic carbocycles. The highest BCUT2D eigenvalue weighted by Gasteiger charge is 2.27. The van der Waals surface area contributed by atoms with Gasteiger partial charge in [-0.25, -0.2) is 4.79 Å². The monoisotopic (exact) mass is 278 g/mol. The van der Waals surface area contributed by atoms with E-state index in [4.69, 9.17) is 15.2 Å². The summed E-state index contributed by atoms with van der Waals surface area (Å²) in [5, 5.41) is 2.70. The quantitative estimate of drug-likeness (QED) is 0.868. The van der Waals surface area contributed by atoms with Crippen LogP contribution in [0.4, 0.5) is 10.5 Å². The molecule has 110 valence electrons. The van der Waals surface area contributed by atoms with Crippen molar-refractivity contribution in [2.75, 3.05) is 25.6 Å². The molecule has 0 heterocycles. The molecular formula is C15H22N2O3. The Morgan fingerprint density at radius 1 is 1.30 bits per heavy atom. The third-order valence-corrected chi connectivity index (χ3v) is 3.88. The highest BCUT2D eigenvalue weighted by molar-refractivity contribution is 5.84. The lowest BCUT2D eigenvalue weighted by Gasteiger charge is -2.17. The Hall–Kier alpha value is -1.75. The van der Waals surface area contributed by atoms with Crippen molar-refractivity contribution in [2.24, 2.45) is 17.6 Å². The number of benzene rings is 1. The summed E-state index contributed by atoms with van der Waals surface area (Å²) in [6, 6.07) is 7.13. The van der Waals surface area contributed by atoms with Crippen molar-refractivity contribution in [3.05, 3.63) is 24.3 Å². The summed E-state index contributed by atoms with van der Waals surface area (Å²) in [7, 11) is 1.60. The van der Waals surface area contributed by atoms with Gasteiger partial charge in [0.2, 0.25) is 0 Å². The predicted molar refractivity (Wildman–Crippen MR) is 77.9 cm³/mol. The summed E-state index contributed by atoms with van der Waals surface area (Å²) in [5.41, 5.74) is 6.41. The Kier molecular flexibility index (Phi) is 5.24. The largest absolute Gasteiger partial charge is 0.497 e. The van der Waals surface area contributed by atoms with Crippen LogP contribution in [0.2, 0.25) is 0 Å². The molecular weight excluding hydrogens is 256 g/mol. The van der Waals surface area contributed by atoms with Crippen molar-refractivity contribution < 1.29 is 14.3 Å². The second-order valence-electron chi connectivity index (χ2n) is 5.14. The van der Waals surface area contributed by atoms with Gasteiger partial charge in [-0.15, -0.1) is 0 Å². The van der Waals surface area contributed by atoms with Gasteiger partial charge < -0.3 is 15.2 Å². The molecule has 2 rings (SSSR count). The van der Waals surface area contributed by atoms with Gasteiger partial charge in [0.15, 0.2) is 0 Å². The van der Waals surface area contributed by atoms with Crippen LogP contribution in [0.25, 0.3) is 0 Å². The number of methoxy groups -OCH3 is 1. The molecule has 1 saturated carbocycles. The van der Waals surface area contributed by atoms with E-state index in [1.54, 1.807) is 31.4 Å². The maximum Gasteiger partial charge on any atom is 0.411 e. The Labute approximate surface area is 119 Å². The van der Waals surface area contributed by atoms with E-state index in [0.717, 1.165) is 18.6 Å². The van der Waals surface area contributed by atoms with Crippen molar-refractivity contribution in [2.45, 2.75) is 19.3 Å². The second kappa shape index (κ2) is 7.14. The number of carbonyl (C=O) groups excluding carboxylic acids is 1. The molecule has 1 amide bonds. The average molecular weight is 278 g/mol. The van der Waals surface area contributed by atoms with E-state index in [0.29, 0.717) is 30.7 Å². The molecule has 1 aliphatic rings. The first-order chi connectivity index (χ1) is 9.72. The van der Waals surface area contributed by atoms with E-state index in [-0.39, 0.29) is 0 Å². The fourth-order valence-electron chi connectivity index (χ4n) is 2.65. The van der Waals surface area contributed by atoms with E-state index in [2.05, 4.69) is 5.32 Å². The number of carbonyl (C=O) groups is 1. The average Bonchev–Trinajstić information content (AvgIpc) is 2.93. The zero-order valence-electron chi connectivity index (χ0n) is 11.8. The molecule has 2 atom stereocenters. The fourth-order valence-corrected chi connectivity index (χ4v) is 2.65. The van der Waals surface area contributed by atoms with Crippen molar-refractivity contribution in [1.29, 1.82) is 0 Å². The standard InChI is InChI=1S/C15H22N2O3/c1-19-14-7-5-13(6-8-14)17-15(18)20-10-12-4-2-3-11(12)9-16/h5-8,11-12H,2-4,9-10,16H2,1H3,(H,17,18). The maximum absolute atomic E-state index is 11.7. The molecule has 0 aromatic heterocycles. The molecule has 0 spiro atoms. The topological polar surface area (TPSA) is 73.6 Å². The van der Waals surface area contributed by atoms with Crippen LogP contribution in [0, 0.1) is 11.8 Å². The van der Waals surface area contributed by atoms with Gasteiger partial charge in [-0.05, 0) is 55.5 Å². The van der Waals surface area contributed by atoms with Crippen LogP contribution in [0.3, 0.4) is 0 Å². The van der Waals surface area contributed by atoms with Gasteiger partial charge >= 0.3 is 6.09 Å². The molecule has 3 N–H and O–H groups in total. The first-order valence-corrected chi connectivity index (χ1v) is 7.01. The molecule has 0 saturated heterocycles. The SMILES string of the molecule is COc1ccc(NC(=O)OCC2CCCC2CN)cc1. The summed E-state index contributed by atoms with van der Waals surface area (Å²) in [6.45, 7) is 1.12. The van der Waals surface area contributed by atoms with Crippen molar-refractivity contribution in [1.82, 2.24) is 0 Å². The van der Waals surface area contributed by atoms with Crippen LogP contribution in [-0.2, 0) is 4.74 Å². The predicted octanol–water partition coefficient (Wildman–Crippen LogP) is 2.62. The lowest BCUT2D eigenvalue weighted by Crippen LogP contribution is -2.25. The van der Waals surface area contributed by atoms with Crippen molar-refractivity contribution in [3.8, 4) is 5.75 Å². The first kappa shape index (κ1) is 14.7. The molecule has 1 aromatic carbocycles. The molecule has 1 fully saturated rings. The van der Waals surface area contributed by atoms with Crippen LogP contribution in [-0.4, -0.2) is 26.4 Å². The lowest BCUT2D eigenvalue weighted by atomic mass is 9.97. The van der Waals surface area contributed by atoms with Gasteiger partial charge in [0.25, 0.3) is 0 Å². The summed E-state index contributed by atoms with van der Waals surface area (Å²) in [6.07, 6.45) is 3.00. The van der Waals surface area contributed by atoms with Crippen LogP contribution in [0.5, 0.6) is 5.75 Å². The zero-order chi connectivity index (χ0) is 14.4. The number of hydrogen-bond acceptors (Lipinski definition) is 4. The van der Waals surface area contributed by atoms with Crippen LogP contribution < -0.4 is 15.8 Å². The van der Waals surface area contributed by atoms with E-state index in [1.165, 1.54) is 6.42 Å². The number of amides is 1. The number of hydrogen-bond donors (Lipinski definition) is 2. The molecule has 5 nitrogen and oxygen atoms in total. The van der Waals surface area contributed by atoms with Gasteiger partial charge in [-0.3, -0.25) is 5.32 Å². The third kappa shape index (κ3) is 3.87. The smallest absolute Gasteiger partial charge is 0.411 e. The van der Waals surface area contributed by atoms with Gasteiger partial charge in [0.05, 0.1) is 13.7 Å². The molecule has 1 aromatic rings. The summed E-state index contributed by atoms with van der Waals surface area (Å²) < 4.78 is 10.3. The van der Waals surface area contributed by atoms with Gasteiger partial charge in [-0.2, -0.15) is 0 Å². The van der Waals surface area contributed by atoms with Crippen LogP contribution in [0.15, 0.2) is 24.3 Å². The summed E-state index contributed by atoms with van der Waals surface area (Å²) >= 11 is 0.